The first-order valence-electron chi connectivity index (χ1n) is 6.03. The van der Waals surface area contributed by atoms with Crippen LogP contribution in [-0.2, 0) is 12.0 Å². The molecule has 2 aromatic rings. The number of benzene rings is 2. The van der Waals surface area contributed by atoms with Crippen LogP contribution < -0.4 is 5.32 Å². The number of rotatable bonds is 4. The van der Waals surface area contributed by atoms with E-state index in [-0.39, 0.29) is 5.54 Å². The lowest BCUT2D eigenvalue weighted by Gasteiger charge is -2.30. The van der Waals surface area contributed by atoms with Gasteiger partial charge in [-0.1, -0.05) is 60.7 Å². The monoisotopic (exact) mass is 225 g/mol. The van der Waals surface area contributed by atoms with E-state index in [2.05, 4.69) is 72.9 Å². The van der Waals surface area contributed by atoms with Gasteiger partial charge in [-0.3, -0.25) is 0 Å². The highest BCUT2D eigenvalue weighted by Crippen LogP contribution is 2.24. The van der Waals surface area contributed by atoms with Crippen LogP contribution in [0, 0.1) is 0 Å². The molecule has 2 rings (SSSR count). The molecule has 0 heterocycles. The van der Waals surface area contributed by atoms with Gasteiger partial charge in [-0.05, 0) is 31.5 Å². The fraction of sp³-hybridized carbons (Fsp3) is 0.250. The minimum Gasteiger partial charge on any atom is -0.310 e. The average Bonchev–Trinajstić information content (AvgIpc) is 2.41. The molecule has 1 heteroatoms. The molecule has 0 radical (unpaired) electrons. The Balaban J connectivity index is 2.27. The van der Waals surface area contributed by atoms with Crippen LogP contribution in [-0.4, -0.2) is 7.05 Å². The van der Waals surface area contributed by atoms with E-state index < -0.39 is 0 Å². The summed E-state index contributed by atoms with van der Waals surface area (Å²) in [5, 5.41) is 3.44. The summed E-state index contributed by atoms with van der Waals surface area (Å²) in [6, 6.07) is 21.2. The van der Waals surface area contributed by atoms with Gasteiger partial charge >= 0.3 is 0 Å². The van der Waals surface area contributed by atoms with Crippen LogP contribution in [0.3, 0.4) is 0 Å². The summed E-state index contributed by atoms with van der Waals surface area (Å²) >= 11 is 0. The molecule has 17 heavy (non-hydrogen) atoms. The quantitative estimate of drug-likeness (QED) is 0.841. The number of likely N-dealkylation sites (N-methyl/N-ethyl adjacent to an activating group) is 1. The van der Waals surface area contributed by atoms with Gasteiger partial charge in [0.05, 0.1) is 0 Å². The van der Waals surface area contributed by atoms with Crippen molar-refractivity contribution >= 4 is 0 Å². The van der Waals surface area contributed by atoms with Gasteiger partial charge < -0.3 is 5.32 Å². The highest BCUT2D eigenvalue weighted by molar-refractivity contribution is 5.27. The fourth-order valence-electron chi connectivity index (χ4n) is 2.14. The standard InChI is InChI=1S/C16H19N/c1-16(17-2,15-11-7-4-8-12-15)13-14-9-5-3-6-10-14/h3-12,17H,13H2,1-2H3. The van der Waals surface area contributed by atoms with E-state index >= 15 is 0 Å². The smallest absolute Gasteiger partial charge is 0.0444 e. The lowest BCUT2D eigenvalue weighted by atomic mass is 9.86. The Morgan fingerprint density at radius 2 is 1.41 bits per heavy atom. The van der Waals surface area contributed by atoms with Gasteiger partial charge in [-0.25, -0.2) is 0 Å². The molecule has 0 aliphatic carbocycles. The van der Waals surface area contributed by atoms with Crippen LogP contribution in [0.15, 0.2) is 60.7 Å². The van der Waals surface area contributed by atoms with Crippen molar-refractivity contribution in [1.29, 1.82) is 0 Å². The summed E-state index contributed by atoms with van der Waals surface area (Å²) in [6.45, 7) is 2.25. The van der Waals surface area contributed by atoms with Gasteiger partial charge in [0, 0.05) is 5.54 Å². The zero-order chi connectivity index (χ0) is 12.1. The van der Waals surface area contributed by atoms with Crippen LogP contribution in [0.2, 0.25) is 0 Å². The first-order chi connectivity index (χ1) is 8.24. The molecule has 1 unspecified atom stereocenters. The first-order valence-corrected chi connectivity index (χ1v) is 6.03. The number of hydrogen-bond donors (Lipinski definition) is 1. The highest BCUT2D eigenvalue weighted by atomic mass is 14.9. The molecule has 2 aromatic carbocycles. The molecule has 0 fully saturated rings. The molecule has 1 N–H and O–H groups in total. The zero-order valence-corrected chi connectivity index (χ0v) is 10.5. The molecular formula is C16H19N. The van der Waals surface area contributed by atoms with Crippen molar-refractivity contribution in [3.05, 3.63) is 71.8 Å². The molecule has 0 aliphatic heterocycles. The zero-order valence-electron chi connectivity index (χ0n) is 10.5. The normalized spacial score (nSPS) is 14.2. The summed E-state index contributed by atoms with van der Waals surface area (Å²) in [5.74, 6) is 0. The molecule has 88 valence electrons. The molecule has 1 nitrogen and oxygen atoms in total. The summed E-state index contributed by atoms with van der Waals surface area (Å²) in [5.41, 5.74) is 2.67. The Morgan fingerprint density at radius 1 is 0.882 bits per heavy atom. The maximum Gasteiger partial charge on any atom is 0.0444 e. The van der Waals surface area contributed by atoms with Gasteiger partial charge in [0.15, 0.2) is 0 Å². The van der Waals surface area contributed by atoms with E-state index in [0.29, 0.717) is 0 Å². The number of nitrogens with one attached hydrogen (secondary N) is 1. The van der Waals surface area contributed by atoms with Crippen molar-refractivity contribution in [3.63, 3.8) is 0 Å². The fourth-order valence-corrected chi connectivity index (χ4v) is 2.14. The molecule has 0 bridgehead atoms. The lowest BCUT2D eigenvalue weighted by molar-refractivity contribution is 0.397. The predicted octanol–water partition coefficient (Wildman–Crippen LogP) is 3.36. The van der Waals surface area contributed by atoms with Crippen molar-refractivity contribution in [3.8, 4) is 0 Å². The maximum absolute atomic E-state index is 3.44. The Kier molecular flexibility index (Phi) is 3.60. The molecule has 1 atom stereocenters. The largest absolute Gasteiger partial charge is 0.310 e. The molecule has 0 spiro atoms. The molecule has 0 saturated carbocycles. The number of hydrogen-bond acceptors (Lipinski definition) is 1. The topological polar surface area (TPSA) is 12.0 Å². The average molecular weight is 225 g/mol. The van der Waals surface area contributed by atoms with Crippen LogP contribution in [0.5, 0.6) is 0 Å². The van der Waals surface area contributed by atoms with Crippen molar-refractivity contribution in [1.82, 2.24) is 5.32 Å². The third-order valence-electron chi connectivity index (χ3n) is 3.36. The maximum atomic E-state index is 3.44. The van der Waals surface area contributed by atoms with E-state index in [1.54, 1.807) is 0 Å². The predicted molar refractivity (Wildman–Crippen MR) is 73.0 cm³/mol. The van der Waals surface area contributed by atoms with Crippen LogP contribution in [0.1, 0.15) is 18.1 Å². The van der Waals surface area contributed by atoms with Crippen molar-refractivity contribution in [2.45, 2.75) is 18.9 Å². The first kappa shape index (κ1) is 11.9. The second-order valence-electron chi connectivity index (χ2n) is 4.61. The summed E-state index contributed by atoms with van der Waals surface area (Å²) < 4.78 is 0. The second-order valence-corrected chi connectivity index (χ2v) is 4.61. The van der Waals surface area contributed by atoms with Gasteiger partial charge in [0.1, 0.15) is 0 Å². The molecular weight excluding hydrogens is 206 g/mol. The minimum absolute atomic E-state index is 0.0113. The Morgan fingerprint density at radius 3 is 1.94 bits per heavy atom. The van der Waals surface area contributed by atoms with E-state index in [9.17, 15) is 0 Å². The molecule has 0 saturated heterocycles. The Hall–Kier alpha value is -1.60. The minimum atomic E-state index is -0.0113. The van der Waals surface area contributed by atoms with Crippen molar-refractivity contribution < 1.29 is 0 Å². The molecule has 0 aliphatic rings. The molecule has 0 aromatic heterocycles. The second kappa shape index (κ2) is 5.15. The van der Waals surface area contributed by atoms with Gasteiger partial charge in [-0.15, -0.1) is 0 Å². The highest BCUT2D eigenvalue weighted by Gasteiger charge is 2.24. The Labute approximate surface area is 103 Å². The van der Waals surface area contributed by atoms with E-state index in [4.69, 9.17) is 0 Å². The van der Waals surface area contributed by atoms with Crippen molar-refractivity contribution in [2.24, 2.45) is 0 Å². The van der Waals surface area contributed by atoms with E-state index in [1.807, 2.05) is 7.05 Å². The molecule has 0 amide bonds. The van der Waals surface area contributed by atoms with E-state index in [0.717, 1.165) is 6.42 Å². The Bertz CT molecular complexity index is 449. The van der Waals surface area contributed by atoms with Crippen LogP contribution in [0.4, 0.5) is 0 Å². The summed E-state index contributed by atoms with van der Waals surface area (Å²) in [6.07, 6.45) is 0.994. The van der Waals surface area contributed by atoms with Gasteiger partial charge in [0.25, 0.3) is 0 Å². The van der Waals surface area contributed by atoms with Gasteiger partial charge in [0.2, 0.25) is 0 Å². The van der Waals surface area contributed by atoms with Gasteiger partial charge in [-0.2, -0.15) is 0 Å². The van der Waals surface area contributed by atoms with Crippen LogP contribution >= 0.6 is 0 Å². The van der Waals surface area contributed by atoms with Crippen LogP contribution in [0.25, 0.3) is 0 Å². The SMILES string of the molecule is CNC(C)(Cc1ccccc1)c1ccccc1. The lowest BCUT2D eigenvalue weighted by Crippen LogP contribution is -2.38. The summed E-state index contributed by atoms with van der Waals surface area (Å²) in [4.78, 5) is 0. The van der Waals surface area contributed by atoms with E-state index in [1.165, 1.54) is 11.1 Å². The van der Waals surface area contributed by atoms with Crippen molar-refractivity contribution in [2.75, 3.05) is 7.05 Å². The summed E-state index contributed by atoms with van der Waals surface area (Å²) in [7, 11) is 2.02. The third-order valence-corrected chi connectivity index (χ3v) is 3.36. The third kappa shape index (κ3) is 2.75.